The van der Waals surface area contributed by atoms with Crippen LogP contribution < -0.4 is 19.5 Å². The van der Waals surface area contributed by atoms with Crippen LogP contribution in [0, 0.1) is 0 Å². The maximum absolute atomic E-state index is 12.7. The minimum Gasteiger partial charge on any atom is -0.490 e. The van der Waals surface area contributed by atoms with E-state index >= 15 is 0 Å². The van der Waals surface area contributed by atoms with Gasteiger partial charge in [-0.2, -0.15) is 0 Å². The second-order valence-corrected chi connectivity index (χ2v) is 6.15. The summed E-state index contributed by atoms with van der Waals surface area (Å²) in [6.45, 7) is 9.21. The molecule has 1 amide bonds. The van der Waals surface area contributed by atoms with Crippen LogP contribution in [0.2, 0.25) is 0 Å². The van der Waals surface area contributed by atoms with Crippen LogP contribution in [0.4, 0.5) is 0 Å². The van der Waals surface area contributed by atoms with Crippen molar-refractivity contribution < 1.29 is 19.0 Å². The van der Waals surface area contributed by atoms with E-state index in [2.05, 4.69) is 17.3 Å². The number of carbonyl (C=O) groups is 1. The Morgan fingerprint density at radius 2 is 1.56 bits per heavy atom. The highest BCUT2D eigenvalue weighted by Gasteiger charge is 2.22. The quantitative estimate of drug-likeness (QED) is 0.781. The number of amides is 1. The van der Waals surface area contributed by atoms with E-state index in [1.807, 2.05) is 20.8 Å². The molecule has 25 heavy (non-hydrogen) atoms. The van der Waals surface area contributed by atoms with Crippen molar-refractivity contribution in [2.24, 2.45) is 0 Å². The van der Waals surface area contributed by atoms with Crippen LogP contribution >= 0.6 is 0 Å². The summed E-state index contributed by atoms with van der Waals surface area (Å²) in [5.74, 6) is 1.55. The number of rotatable bonds is 8. The van der Waals surface area contributed by atoms with Crippen molar-refractivity contribution in [3.05, 3.63) is 17.7 Å². The number of carbonyl (C=O) groups excluding carboxylic acids is 1. The number of benzene rings is 1. The summed E-state index contributed by atoms with van der Waals surface area (Å²) in [7, 11) is 2.10. The van der Waals surface area contributed by atoms with Crippen LogP contribution in [-0.4, -0.2) is 56.8 Å². The number of piperidine rings is 1. The highest BCUT2D eigenvalue weighted by atomic mass is 16.5. The summed E-state index contributed by atoms with van der Waals surface area (Å²) in [6, 6.07) is 3.68. The Kier molecular flexibility index (Phi) is 7.37. The van der Waals surface area contributed by atoms with Crippen molar-refractivity contribution in [3.63, 3.8) is 0 Å². The molecule has 1 aliphatic rings. The zero-order valence-electron chi connectivity index (χ0n) is 15.8. The van der Waals surface area contributed by atoms with Gasteiger partial charge in [-0.25, -0.2) is 0 Å². The summed E-state index contributed by atoms with van der Waals surface area (Å²) in [5, 5.41) is 3.13. The molecule has 6 heteroatoms. The van der Waals surface area contributed by atoms with Gasteiger partial charge in [-0.1, -0.05) is 0 Å². The van der Waals surface area contributed by atoms with Crippen molar-refractivity contribution in [2.75, 3.05) is 40.0 Å². The fourth-order valence-corrected chi connectivity index (χ4v) is 2.94. The van der Waals surface area contributed by atoms with Crippen LogP contribution in [0.25, 0.3) is 0 Å². The zero-order chi connectivity index (χ0) is 18.2. The molecule has 0 aliphatic carbocycles. The smallest absolute Gasteiger partial charge is 0.251 e. The largest absolute Gasteiger partial charge is 0.490 e. The van der Waals surface area contributed by atoms with Crippen LogP contribution in [0.15, 0.2) is 12.1 Å². The molecule has 1 N–H and O–H groups in total. The third-order valence-corrected chi connectivity index (χ3v) is 4.23. The Hall–Kier alpha value is -1.95. The standard InChI is InChI=1S/C19H30N2O4/c1-5-23-16-12-14(13-17(24-6-2)18(16)25-7-3)19(22)20-15-8-10-21(4)11-9-15/h12-13,15H,5-11H2,1-4H3,(H,20,22). The number of hydrogen-bond acceptors (Lipinski definition) is 5. The van der Waals surface area contributed by atoms with E-state index in [0.717, 1.165) is 25.9 Å². The van der Waals surface area contributed by atoms with Gasteiger partial charge in [0.25, 0.3) is 5.91 Å². The molecular weight excluding hydrogens is 320 g/mol. The van der Waals surface area contributed by atoms with Gasteiger partial charge in [-0.15, -0.1) is 0 Å². The summed E-state index contributed by atoms with van der Waals surface area (Å²) >= 11 is 0. The number of likely N-dealkylation sites (tertiary alicyclic amines) is 1. The third kappa shape index (κ3) is 5.26. The first-order valence-electron chi connectivity index (χ1n) is 9.14. The molecule has 1 aromatic carbocycles. The van der Waals surface area contributed by atoms with E-state index in [0.29, 0.717) is 42.6 Å². The van der Waals surface area contributed by atoms with Crippen LogP contribution in [-0.2, 0) is 0 Å². The molecular formula is C19H30N2O4. The van der Waals surface area contributed by atoms with Crippen molar-refractivity contribution in [3.8, 4) is 17.2 Å². The first-order valence-corrected chi connectivity index (χ1v) is 9.14. The van der Waals surface area contributed by atoms with Crippen molar-refractivity contribution in [1.29, 1.82) is 0 Å². The van der Waals surface area contributed by atoms with Crippen molar-refractivity contribution in [2.45, 2.75) is 39.7 Å². The molecule has 0 aromatic heterocycles. The van der Waals surface area contributed by atoms with E-state index in [-0.39, 0.29) is 11.9 Å². The van der Waals surface area contributed by atoms with Crippen molar-refractivity contribution >= 4 is 5.91 Å². The lowest BCUT2D eigenvalue weighted by atomic mass is 10.0. The SMILES string of the molecule is CCOc1cc(C(=O)NC2CCN(C)CC2)cc(OCC)c1OCC. The van der Waals surface area contributed by atoms with Gasteiger partial charge in [0.05, 0.1) is 19.8 Å². The van der Waals surface area contributed by atoms with Gasteiger partial charge in [-0.3, -0.25) is 4.79 Å². The maximum Gasteiger partial charge on any atom is 0.251 e. The lowest BCUT2D eigenvalue weighted by Crippen LogP contribution is -2.43. The lowest BCUT2D eigenvalue weighted by molar-refractivity contribution is 0.0915. The van der Waals surface area contributed by atoms with E-state index in [1.165, 1.54) is 0 Å². The third-order valence-electron chi connectivity index (χ3n) is 4.23. The molecule has 6 nitrogen and oxygen atoms in total. The number of hydrogen-bond donors (Lipinski definition) is 1. The molecule has 1 fully saturated rings. The highest BCUT2D eigenvalue weighted by Crippen LogP contribution is 2.39. The molecule has 1 saturated heterocycles. The minimum atomic E-state index is -0.0977. The van der Waals surface area contributed by atoms with Gasteiger partial charge in [-0.05, 0) is 65.9 Å². The summed E-state index contributed by atoms with van der Waals surface area (Å²) in [5.41, 5.74) is 0.536. The minimum absolute atomic E-state index is 0.0977. The Balaban J connectivity index is 2.21. The van der Waals surface area contributed by atoms with Gasteiger partial charge in [0.15, 0.2) is 11.5 Å². The summed E-state index contributed by atoms with van der Waals surface area (Å²) < 4.78 is 17.0. The Labute approximate surface area is 150 Å². The second-order valence-electron chi connectivity index (χ2n) is 6.15. The van der Waals surface area contributed by atoms with E-state index in [1.54, 1.807) is 12.1 Å². The number of nitrogens with one attached hydrogen (secondary N) is 1. The van der Waals surface area contributed by atoms with Gasteiger partial charge < -0.3 is 24.4 Å². The average Bonchev–Trinajstić information content (AvgIpc) is 2.60. The van der Waals surface area contributed by atoms with Gasteiger partial charge >= 0.3 is 0 Å². The molecule has 0 bridgehead atoms. The molecule has 1 aromatic rings. The topological polar surface area (TPSA) is 60.0 Å². The number of nitrogens with zero attached hydrogens (tertiary/aromatic N) is 1. The summed E-state index contributed by atoms with van der Waals surface area (Å²) in [6.07, 6.45) is 1.94. The van der Waals surface area contributed by atoms with Crippen LogP contribution in [0.5, 0.6) is 17.2 Å². The Morgan fingerprint density at radius 3 is 2.04 bits per heavy atom. The molecule has 0 saturated carbocycles. The normalized spacial score (nSPS) is 15.7. The highest BCUT2D eigenvalue weighted by molar-refractivity contribution is 5.95. The molecule has 0 atom stereocenters. The fourth-order valence-electron chi connectivity index (χ4n) is 2.94. The van der Waals surface area contributed by atoms with Crippen LogP contribution in [0.1, 0.15) is 44.0 Å². The molecule has 0 unspecified atom stereocenters. The van der Waals surface area contributed by atoms with Gasteiger partial charge in [0, 0.05) is 11.6 Å². The first-order chi connectivity index (χ1) is 12.1. The fraction of sp³-hybridized carbons (Fsp3) is 0.632. The zero-order valence-corrected chi connectivity index (χ0v) is 15.8. The molecule has 140 valence electrons. The predicted octanol–water partition coefficient (Wildman–Crippen LogP) is 2.71. The lowest BCUT2D eigenvalue weighted by Gasteiger charge is -2.29. The second kappa shape index (κ2) is 9.51. The molecule has 1 heterocycles. The van der Waals surface area contributed by atoms with E-state index in [4.69, 9.17) is 14.2 Å². The molecule has 1 aliphatic heterocycles. The average molecular weight is 350 g/mol. The predicted molar refractivity (Wildman–Crippen MR) is 97.9 cm³/mol. The Morgan fingerprint density at radius 1 is 1.04 bits per heavy atom. The van der Waals surface area contributed by atoms with E-state index < -0.39 is 0 Å². The maximum atomic E-state index is 12.7. The molecule has 0 radical (unpaired) electrons. The monoisotopic (exact) mass is 350 g/mol. The Bertz CT molecular complexity index is 542. The summed E-state index contributed by atoms with van der Waals surface area (Å²) in [4.78, 5) is 15.0. The molecule has 0 spiro atoms. The van der Waals surface area contributed by atoms with Crippen molar-refractivity contribution in [1.82, 2.24) is 10.2 Å². The number of ether oxygens (including phenoxy) is 3. The van der Waals surface area contributed by atoms with Crippen LogP contribution in [0.3, 0.4) is 0 Å². The van der Waals surface area contributed by atoms with Gasteiger partial charge in [0.2, 0.25) is 5.75 Å². The van der Waals surface area contributed by atoms with Gasteiger partial charge in [0.1, 0.15) is 0 Å². The molecule has 2 rings (SSSR count). The van der Waals surface area contributed by atoms with E-state index in [9.17, 15) is 4.79 Å². The first kappa shape index (κ1) is 19.4.